The number of aryl methyl sites for hydroxylation is 1. The Morgan fingerprint density at radius 3 is 3.06 bits per heavy atom. The summed E-state index contributed by atoms with van der Waals surface area (Å²) in [6.07, 6.45) is 3.26. The molecule has 1 heterocycles. The fourth-order valence-electron chi connectivity index (χ4n) is 2.82. The Kier molecular flexibility index (Phi) is 2.64. The van der Waals surface area contributed by atoms with Crippen LogP contribution in [-0.2, 0) is 16.1 Å². The summed E-state index contributed by atoms with van der Waals surface area (Å²) in [6.45, 7) is 0. The van der Waals surface area contributed by atoms with Crippen molar-refractivity contribution in [2.75, 3.05) is 5.75 Å². The molecule has 1 spiro atoms. The molecule has 0 amide bonds. The van der Waals surface area contributed by atoms with E-state index in [1.807, 2.05) is 6.07 Å². The Balaban J connectivity index is 1.98. The highest BCUT2D eigenvalue weighted by atomic mass is 32.2. The maximum Gasteiger partial charge on any atom is 0.321 e. The molecule has 1 aromatic carbocycles. The number of fused-ring (bicyclic) bond motifs is 2. The quantitative estimate of drug-likeness (QED) is 0.799. The molecule has 2 aliphatic rings. The van der Waals surface area contributed by atoms with Crippen molar-refractivity contribution < 1.29 is 9.90 Å². The number of hydrogen-bond donors (Lipinski definition) is 2. The number of rotatable bonds is 1. The monoisotopic (exact) mass is 249 g/mol. The van der Waals surface area contributed by atoms with Gasteiger partial charge in [0.05, 0.1) is 4.87 Å². The van der Waals surface area contributed by atoms with Gasteiger partial charge in [-0.25, -0.2) is 0 Å². The summed E-state index contributed by atoms with van der Waals surface area (Å²) in [7, 11) is 0. The molecule has 4 heteroatoms. The van der Waals surface area contributed by atoms with Gasteiger partial charge < -0.3 is 5.11 Å². The van der Waals surface area contributed by atoms with Gasteiger partial charge in [0, 0.05) is 5.75 Å². The van der Waals surface area contributed by atoms with E-state index < -0.39 is 12.0 Å². The molecule has 3 nitrogen and oxygen atoms in total. The highest BCUT2D eigenvalue weighted by Gasteiger charge is 2.45. The van der Waals surface area contributed by atoms with E-state index in [1.165, 1.54) is 11.1 Å². The van der Waals surface area contributed by atoms with Gasteiger partial charge in [-0.05, 0) is 30.4 Å². The minimum atomic E-state index is -0.738. The lowest BCUT2D eigenvalue weighted by molar-refractivity contribution is -0.138. The first-order chi connectivity index (χ1) is 8.21. The number of carboxylic acid groups (broad SMARTS) is 1. The van der Waals surface area contributed by atoms with Crippen molar-refractivity contribution in [1.29, 1.82) is 0 Å². The highest BCUT2D eigenvalue weighted by Crippen LogP contribution is 2.47. The van der Waals surface area contributed by atoms with Crippen LogP contribution in [-0.4, -0.2) is 22.9 Å². The summed E-state index contributed by atoms with van der Waals surface area (Å²) < 4.78 is 0. The second kappa shape index (κ2) is 4.03. The van der Waals surface area contributed by atoms with Crippen LogP contribution in [0.1, 0.15) is 24.0 Å². The van der Waals surface area contributed by atoms with Crippen molar-refractivity contribution in [3.8, 4) is 0 Å². The zero-order chi connectivity index (χ0) is 11.9. The number of benzene rings is 1. The summed E-state index contributed by atoms with van der Waals surface area (Å²) in [6, 6.07) is 7.99. The van der Waals surface area contributed by atoms with Gasteiger partial charge in [-0.1, -0.05) is 24.3 Å². The number of nitrogens with one attached hydrogen (secondary N) is 1. The molecule has 2 atom stereocenters. The van der Waals surface area contributed by atoms with Crippen molar-refractivity contribution in [2.24, 2.45) is 0 Å². The van der Waals surface area contributed by atoms with E-state index in [4.69, 9.17) is 5.11 Å². The van der Waals surface area contributed by atoms with Crippen molar-refractivity contribution in [1.82, 2.24) is 5.32 Å². The van der Waals surface area contributed by atoms with E-state index in [0.717, 1.165) is 19.3 Å². The maximum atomic E-state index is 11.1. The third-order valence-electron chi connectivity index (χ3n) is 3.63. The molecule has 0 aromatic heterocycles. The largest absolute Gasteiger partial charge is 0.480 e. The van der Waals surface area contributed by atoms with Crippen LogP contribution in [0.25, 0.3) is 0 Å². The molecule has 17 heavy (non-hydrogen) atoms. The minimum absolute atomic E-state index is 0.155. The molecule has 0 bridgehead atoms. The van der Waals surface area contributed by atoms with E-state index >= 15 is 0 Å². The topological polar surface area (TPSA) is 49.3 Å². The molecule has 0 radical (unpaired) electrons. The first-order valence-corrected chi connectivity index (χ1v) is 6.93. The Labute approximate surface area is 105 Å². The van der Waals surface area contributed by atoms with Crippen LogP contribution in [0.5, 0.6) is 0 Å². The van der Waals surface area contributed by atoms with E-state index in [0.29, 0.717) is 5.75 Å². The summed E-state index contributed by atoms with van der Waals surface area (Å²) in [4.78, 5) is 10.9. The van der Waals surface area contributed by atoms with Gasteiger partial charge in [-0.15, -0.1) is 11.8 Å². The van der Waals surface area contributed by atoms with E-state index in [2.05, 4.69) is 23.5 Å². The molecular formula is C13H15NO2S. The molecule has 1 aliphatic heterocycles. The summed E-state index contributed by atoms with van der Waals surface area (Å²) >= 11 is 1.75. The summed E-state index contributed by atoms with van der Waals surface area (Å²) in [5.41, 5.74) is 2.66. The van der Waals surface area contributed by atoms with Crippen LogP contribution >= 0.6 is 11.8 Å². The molecule has 1 saturated heterocycles. The number of carbonyl (C=O) groups is 1. The lowest BCUT2D eigenvalue weighted by Gasteiger charge is -2.35. The number of thioether (sulfide) groups is 1. The molecule has 1 fully saturated rings. The number of carboxylic acids is 1. The van der Waals surface area contributed by atoms with Gasteiger partial charge >= 0.3 is 5.97 Å². The molecule has 90 valence electrons. The Hall–Kier alpha value is -1.00. The number of aliphatic carboxylic acids is 1. The van der Waals surface area contributed by atoms with Crippen molar-refractivity contribution in [3.05, 3.63) is 35.4 Å². The molecular weight excluding hydrogens is 234 g/mol. The standard InChI is InChI=1S/C13H15NO2S/c15-12(16)11-8-17-13(14-11)7-3-5-9-4-1-2-6-10(9)13/h1-2,4,6,11,14H,3,5,7-8H2,(H,15,16). The van der Waals surface area contributed by atoms with Crippen molar-refractivity contribution in [3.63, 3.8) is 0 Å². The van der Waals surface area contributed by atoms with Gasteiger partial charge in [0.1, 0.15) is 6.04 Å². The van der Waals surface area contributed by atoms with Gasteiger partial charge in [0.2, 0.25) is 0 Å². The Morgan fingerprint density at radius 2 is 2.29 bits per heavy atom. The van der Waals surface area contributed by atoms with E-state index in [1.54, 1.807) is 11.8 Å². The second-order valence-electron chi connectivity index (χ2n) is 4.68. The SMILES string of the molecule is O=C(O)C1CSC2(CCCc3ccccc32)N1. The smallest absolute Gasteiger partial charge is 0.321 e. The van der Waals surface area contributed by atoms with Crippen LogP contribution in [0.15, 0.2) is 24.3 Å². The first-order valence-electron chi connectivity index (χ1n) is 5.94. The maximum absolute atomic E-state index is 11.1. The normalized spacial score (nSPS) is 31.4. The van der Waals surface area contributed by atoms with Crippen LogP contribution in [0.2, 0.25) is 0 Å². The molecule has 2 N–H and O–H groups in total. The zero-order valence-electron chi connectivity index (χ0n) is 9.48. The van der Waals surface area contributed by atoms with E-state index in [9.17, 15) is 4.79 Å². The Bertz CT molecular complexity index is 462. The number of hydrogen-bond acceptors (Lipinski definition) is 3. The highest BCUT2D eigenvalue weighted by molar-refractivity contribution is 8.00. The van der Waals surface area contributed by atoms with Crippen molar-refractivity contribution in [2.45, 2.75) is 30.2 Å². The molecule has 2 unspecified atom stereocenters. The zero-order valence-corrected chi connectivity index (χ0v) is 10.3. The first kappa shape index (κ1) is 11.1. The average Bonchev–Trinajstić information content (AvgIpc) is 2.75. The lowest BCUT2D eigenvalue weighted by Crippen LogP contribution is -2.44. The minimum Gasteiger partial charge on any atom is -0.480 e. The Morgan fingerprint density at radius 1 is 1.47 bits per heavy atom. The van der Waals surface area contributed by atoms with Gasteiger partial charge in [0.15, 0.2) is 0 Å². The second-order valence-corrected chi connectivity index (χ2v) is 6.00. The molecule has 3 rings (SSSR count). The predicted octanol–water partition coefficient (Wildman–Crippen LogP) is 1.97. The fourth-order valence-corrected chi connectivity index (χ4v) is 4.36. The molecule has 1 aromatic rings. The average molecular weight is 249 g/mol. The van der Waals surface area contributed by atoms with Gasteiger partial charge in [0.25, 0.3) is 0 Å². The van der Waals surface area contributed by atoms with Gasteiger partial charge in [-0.3, -0.25) is 10.1 Å². The van der Waals surface area contributed by atoms with E-state index in [-0.39, 0.29) is 4.87 Å². The van der Waals surface area contributed by atoms with Crippen LogP contribution in [0, 0.1) is 0 Å². The third kappa shape index (κ3) is 1.76. The van der Waals surface area contributed by atoms with Gasteiger partial charge in [-0.2, -0.15) is 0 Å². The fraction of sp³-hybridized carbons (Fsp3) is 0.462. The molecule has 0 saturated carbocycles. The third-order valence-corrected chi connectivity index (χ3v) is 5.16. The molecule has 1 aliphatic carbocycles. The summed E-state index contributed by atoms with van der Waals surface area (Å²) in [5.74, 6) is -0.0821. The lowest BCUT2D eigenvalue weighted by atomic mass is 9.87. The van der Waals surface area contributed by atoms with Crippen LogP contribution < -0.4 is 5.32 Å². The van der Waals surface area contributed by atoms with Crippen molar-refractivity contribution >= 4 is 17.7 Å². The summed E-state index contributed by atoms with van der Waals surface area (Å²) in [5, 5.41) is 12.4. The van der Waals surface area contributed by atoms with Crippen LogP contribution in [0.4, 0.5) is 0 Å². The predicted molar refractivity (Wildman–Crippen MR) is 68.1 cm³/mol. The van der Waals surface area contributed by atoms with Crippen LogP contribution in [0.3, 0.4) is 0 Å².